The van der Waals surface area contributed by atoms with E-state index in [2.05, 4.69) is 0 Å². The summed E-state index contributed by atoms with van der Waals surface area (Å²) in [5.74, 6) is 0.637. The summed E-state index contributed by atoms with van der Waals surface area (Å²) >= 11 is 0. The Kier molecular flexibility index (Phi) is 4.44. The SMILES string of the molecule is O=S(=O)(CC1CCCCC1)N1CCC[C@H]1CO. The lowest BCUT2D eigenvalue weighted by Crippen LogP contribution is -2.40. The average molecular weight is 261 g/mol. The van der Waals surface area contributed by atoms with Gasteiger partial charge in [0.05, 0.1) is 12.4 Å². The van der Waals surface area contributed by atoms with Crippen LogP contribution in [0.15, 0.2) is 0 Å². The van der Waals surface area contributed by atoms with Crippen LogP contribution < -0.4 is 0 Å². The molecule has 1 aliphatic carbocycles. The van der Waals surface area contributed by atoms with E-state index in [1.54, 1.807) is 4.31 Å². The first kappa shape index (κ1) is 13.3. The van der Waals surface area contributed by atoms with E-state index in [0.29, 0.717) is 18.2 Å². The average Bonchev–Trinajstić information content (AvgIpc) is 2.78. The molecule has 0 bridgehead atoms. The summed E-state index contributed by atoms with van der Waals surface area (Å²) in [5.41, 5.74) is 0. The summed E-state index contributed by atoms with van der Waals surface area (Å²) in [6, 6.07) is -0.163. The van der Waals surface area contributed by atoms with E-state index in [1.807, 2.05) is 0 Å². The van der Waals surface area contributed by atoms with Crippen LogP contribution in [0, 0.1) is 5.92 Å². The second kappa shape index (κ2) is 5.67. The maximum absolute atomic E-state index is 12.3. The minimum Gasteiger partial charge on any atom is -0.395 e. The van der Waals surface area contributed by atoms with Gasteiger partial charge in [0.2, 0.25) is 10.0 Å². The quantitative estimate of drug-likeness (QED) is 0.831. The number of aliphatic hydroxyl groups is 1. The third-order valence-electron chi connectivity index (χ3n) is 4.06. The van der Waals surface area contributed by atoms with Crippen molar-refractivity contribution < 1.29 is 13.5 Å². The zero-order valence-corrected chi connectivity index (χ0v) is 11.2. The van der Waals surface area contributed by atoms with Crippen LogP contribution in [0.5, 0.6) is 0 Å². The lowest BCUT2D eigenvalue weighted by molar-refractivity contribution is 0.212. The Balaban J connectivity index is 1.97. The summed E-state index contributed by atoms with van der Waals surface area (Å²) in [6.45, 7) is 0.560. The predicted molar refractivity (Wildman–Crippen MR) is 67.2 cm³/mol. The summed E-state index contributed by atoms with van der Waals surface area (Å²) in [4.78, 5) is 0. The van der Waals surface area contributed by atoms with Crippen molar-refractivity contribution in [2.75, 3.05) is 18.9 Å². The fraction of sp³-hybridized carbons (Fsp3) is 1.00. The number of rotatable bonds is 4. The van der Waals surface area contributed by atoms with Gasteiger partial charge in [-0.1, -0.05) is 19.3 Å². The molecule has 1 heterocycles. The van der Waals surface area contributed by atoms with Crippen LogP contribution >= 0.6 is 0 Å². The molecule has 0 unspecified atom stereocenters. The van der Waals surface area contributed by atoms with Crippen LogP contribution in [0.1, 0.15) is 44.9 Å². The number of sulfonamides is 1. The molecule has 17 heavy (non-hydrogen) atoms. The molecular formula is C12H23NO3S. The molecule has 1 aliphatic heterocycles. The maximum atomic E-state index is 12.3. The molecule has 0 aromatic heterocycles. The van der Waals surface area contributed by atoms with E-state index in [0.717, 1.165) is 25.7 Å². The van der Waals surface area contributed by atoms with Gasteiger partial charge in [0, 0.05) is 12.6 Å². The minimum absolute atomic E-state index is 0.0378. The second-order valence-corrected chi connectivity index (χ2v) is 7.34. The number of nitrogens with zero attached hydrogens (tertiary/aromatic N) is 1. The molecule has 1 saturated carbocycles. The van der Waals surface area contributed by atoms with Gasteiger partial charge < -0.3 is 5.11 Å². The molecule has 2 rings (SSSR count). The molecule has 2 fully saturated rings. The number of hydrogen-bond acceptors (Lipinski definition) is 3. The van der Waals surface area contributed by atoms with Crippen LogP contribution in [0.3, 0.4) is 0 Å². The lowest BCUT2D eigenvalue weighted by Gasteiger charge is -2.27. The third-order valence-corrected chi connectivity index (χ3v) is 6.15. The summed E-state index contributed by atoms with van der Waals surface area (Å²) < 4.78 is 26.1. The molecule has 0 aromatic rings. The first-order valence-corrected chi connectivity index (χ1v) is 8.35. The van der Waals surface area contributed by atoms with Crippen molar-refractivity contribution in [2.45, 2.75) is 51.0 Å². The van der Waals surface area contributed by atoms with Gasteiger partial charge in [0.15, 0.2) is 0 Å². The highest BCUT2D eigenvalue weighted by atomic mass is 32.2. The third kappa shape index (κ3) is 3.20. The molecule has 0 aromatic carbocycles. The van der Waals surface area contributed by atoms with Crippen LogP contribution in [0.25, 0.3) is 0 Å². The van der Waals surface area contributed by atoms with Crippen LogP contribution in [-0.4, -0.2) is 42.8 Å². The monoisotopic (exact) mass is 261 g/mol. The van der Waals surface area contributed by atoms with Gasteiger partial charge >= 0.3 is 0 Å². The van der Waals surface area contributed by atoms with Crippen molar-refractivity contribution in [1.82, 2.24) is 4.31 Å². The first-order chi connectivity index (χ1) is 8.13. The topological polar surface area (TPSA) is 57.6 Å². The summed E-state index contributed by atoms with van der Waals surface area (Å²) in [5, 5.41) is 9.20. The van der Waals surface area contributed by atoms with E-state index in [-0.39, 0.29) is 12.6 Å². The molecule has 2 aliphatic rings. The Morgan fingerprint density at radius 2 is 1.76 bits per heavy atom. The van der Waals surface area contributed by atoms with Crippen LogP contribution in [-0.2, 0) is 10.0 Å². The van der Waals surface area contributed by atoms with E-state index >= 15 is 0 Å². The second-order valence-electron chi connectivity index (χ2n) is 5.37. The lowest BCUT2D eigenvalue weighted by atomic mass is 9.91. The Morgan fingerprint density at radius 3 is 2.41 bits per heavy atom. The number of hydrogen-bond donors (Lipinski definition) is 1. The molecular weight excluding hydrogens is 238 g/mol. The normalized spacial score (nSPS) is 28.6. The maximum Gasteiger partial charge on any atom is 0.214 e. The molecule has 0 spiro atoms. The molecule has 0 amide bonds. The Bertz CT molecular complexity index is 336. The smallest absolute Gasteiger partial charge is 0.214 e. The van der Waals surface area contributed by atoms with Crippen molar-refractivity contribution in [3.05, 3.63) is 0 Å². The number of aliphatic hydroxyl groups excluding tert-OH is 1. The Morgan fingerprint density at radius 1 is 1.06 bits per heavy atom. The largest absolute Gasteiger partial charge is 0.395 e. The molecule has 1 N–H and O–H groups in total. The van der Waals surface area contributed by atoms with Gasteiger partial charge in [0.1, 0.15) is 0 Å². The van der Waals surface area contributed by atoms with Crippen molar-refractivity contribution in [2.24, 2.45) is 5.92 Å². The molecule has 1 atom stereocenters. The van der Waals surface area contributed by atoms with Gasteiger partial charge in [-0.3, -0.25) is 0 Å². The zero-order valence-electron chi connectivity index (χ0n) is 10.3. The minimum atomic E-state index is -3.15. The van der Waals surface area contributed by atoms with Gasteiger partial charge in [-0.05, 0) is 31.6 Å². The van der Waals surface area contributed by atoms with E-state index in [4.69, 9.17) is 0 Å². The summed E-state index contributed by atoms with van der Waals surface area (Å²) in [6.07, 6.45) is 7.38. The van der Waals surface area contributed by atoms with Crippen LogP contribution in [0.2, 0.25) is 0 Å². The van der Waals surface area contributed by atoms with E-state index in [9.17, 15) is 13.5 Å². The standard InChI is InChI=1S/C12H23NO3S/c14-9-12-7-4-8-13(12)17(15,16)10-11-5-2-1-3-6-11/h11-12,14H,1-10H2/t12-/m0/s1. The van der Waals surface area contributed by atoms with E-state index < -0.39 is 10.0 Å². The van der Waals surface area contributed by atoms with Crippen molar-refractivity contribution in [1.29, 1.82) is 0 Å². The van der Waals surface area contributed by atoms with E-state index in [1.165, 1.54) is 19.3 Å². The fourth-order valence-corrected chi connectivity index (χ4v) is 5.26. The Labute approximate surface area is 104 Å². The van der Waals surface area contributed by atoms with Gasteiger partial charge in [0.25, 0.3) is 0 Å². The highest BCUT2D eigenvalue weighted by Gasteiger charge is 2.35. The van der Waals surface area contributed by atoms with Gasteiger partial charge in [-0.15, -0.1) is 0 Å². The summed E-state index contributed by atoms with van der Waals surface area (Å²) in [7, 11) is -3.15. The molecule has 5 heteroatoms. The van der Waals surface area contributed by atoms with Crippen molar-refractivity contribution in [3.8, 4) is 0 Å². The van der Waals surface area contributed by atoms with Gasteiger partial charge in [-0.2, -0.15) is 4.31 Å². The van der Waals surface area contributed by atoms with Crippen molar-refractivity contribution in [3.63, 3.8) is 0 Å². The fourth-order valence-electron chi connectivity index (χ4n) is 3.11. The molecule has 100 valence electrons. The molecule has 4 nitrogen and oxygen atoms in total. The highest BCUT2D eigenvalue weighted by Crippen LogP contribution is 2.28. The molecule has 0 radical (unpaired) electrons. The van der Waals surface area contributed by atoms with Crippen LogP contribution in [0.4, 0.5) is 0 Å². The van der Waals surface area contributed by atoms with Gasteiger partial charge in [-0.25, -0.2) is 8.42 Å². The highest BCUT2D eigenvalue weighted by molar-refractivity contribution is 7.89. The predicted octanol–water partition coefficient (Wildman–Crippen LogP) is 1.35. The zero-order chi connectivity index (χ0) is 12.3. The molecule has 1 saturated heterocycles. The first-order valence-electron chi connectivity index (χ1n) is 6.74. The van der Waals surface area contributed by atoms with Crippen molar-refractivity contribution >= 4 is 10.0 Å². The Hall–Kier alpha value is -0.130.